The molecule has 3 nitrogen and oxygen atoms in total. The zero-order valence-electron chi connectivity index (χ0n) is 14.4. The van der Waals surface area contributed by atoms with Crippen LogP contribution in [0.3, 0.4) is 0 Å². The highest BCUT2D eigenvalue weighted by molar-refractivity contribution is 5.82. The van der Waals surface area contributed by atoms with Crippen molar-refractivity contribution in [1.82, 2.24) is 5.32 Å². The molecule has 0 saturated heterocycles. The Labute approximate surface area is 144 Å². The lowest BCUT2D eigenvalue weighted by molar-refractivity contribution is -0.120. The first kappa shape index (κ1) is 16.6. The molecule has 126 valence electrons. The summed E-state index contributed by atoms with van der Waals surface area (Å²) in [5, 5.41) is 3.15. The molecular weight excluding hydrogens is 296 g/mol. The minimum Gasteiger partial charge on any atom is -0.362 e. The van der Waals surface area contributed by atoms with Crippen LogP contribution >= 0.6 is 0 Å². The van der Waals surface area contributed by atoms with E-state index < -0.39 is 0 Å². The number of hydrogen-bond donors (Lipinski definition) is 1. The van der Waals surface area contributed by atoms with Gasteiger partial charge in [0.15, 0.2) is 0 Å². The molecule has 1 atom stereocenters. The summed E-state index contributed by atoms with van der Waals surface area (Å²) in [7, 11) is 0. The van der Waals surface area contributed by atoms with Gasteiger partial charge < -0.3 is 10.2 Å². The van der Waals surface area contributed by atoms with E-state index in [1.165, 1.54) is 16.8 Å². The lowest BCUT2D eigenvalue weighted by Gasteiger charge is -2.31. The molecule has 0 bridgehead atoms. The Hall–Kier alpha value is -2.29. The second kappa shape index (κ2) is 8.00. The van der Waals surface area contributed by atoms with Crippen molar-refractivity contribution in [3.8, 4) is 0 Å². The van der Waals surface area contributed by atoms with Gasteiger partial charge in [-0.3, -0.25) is 4.79 Å². The minimum atomic E-state index is 0.118. The van der Waals surface area contributed by atoms with E-state index in [1.807, 2.05) is 6.07 Å². The normalized spacial score (nSPS) is 14.8. The molecule has 3 rings (SSSR count). The molecule has 1 aliphatic rings. The van der Waals surface area contributed by atoms with Crippen molar-refractivity contribution in [1.29, 1.82) is 0 Å². The van der Waals surface area contributed by atoms with Crippen LogP contribution in [0.4, 0.5) is 5.69 Å². The molecule has 1 N–H and O–H groups in total. The number of rotatable bonds is 6. The third-order valence-corrected chi connectivity index (χ3v) is 4.66. The van der Waals surface area contributed by atoms with Gasteiger partial charge in [0.05, 0.1) is 6.54 Å². The first-order valence-corrected chi connectivity index (χ1v) is 8.88. The summed E-state index contributed by atoms with van der Waals surface area (Å²) in [6.07, 6.45) is 4.19. The highest BCUT2D eigenvalue weighted by Gasteiger charge is 2.19. The number of anilines is 1. The molecule has 0 radical (unpaired) electrons. The Bertz CT molecular complexity index is 669. The number of nitrogens with one attached hydrogen (secondary N) is 1. The summed E-state index contributed by atoms with van der Waals surface area (Å²) in [6, 6.07) is 19.0. The maximum Gasteiger partial charge on any atom is 0.239 e. The maximum atomic E-state index is 12.4. The Morgan fingerprint density at radius 3 is 2.71 bits per heavy atom. The molecule has 0 spiro atoms. The van der Waals surface area contributed by atoms with Gasteiger partial charge in [-0.2, -0.15) is 0 Å². The molecule has 1 unspecified atom stereocenters. The highest BCUT2D eigenvalue weighted by Crippen LogP contribution is 2.26. The number of fused-ring (bicyclic) bond motifs is 1. The molecule has 1 amide bonds. The number of aryl methyl sites for hydroxylation is 2. The molecule has 0 aliphatic carbocycles. The summed E-state index contributed by atoms with van der Waals surface area (Å²) >= 11 is 0. The lowest BCUT2D eigenvalue weighted by Crippen LogP contribution is -2.43. The number of carbonyl (C=O) groups is 1. The number of para-hydroxylation sites is 1. The first-order chi connectivity index (χ1) is 11.7. The fourth-order valence-electron chi connectivity index (χ4n) is 3.37. The van der Waals surface area contributed by atoms with Gasteiger partial charge >= 0.3 is 0 Å². The predicted octanol–water partition coefficient (Wildman–Crippen LogP) is 3.58. The van der Waals surface area contributed by atoms with E-state index >= 15 is 0 Å². The van der Waals surface area contributed by atoms with Gasteiger partial charge in [0.2, 0.25) is 5.91 Å². The van der Waals surface area contributed by atoms with Crippen LogP contribution in [0.2, 0.25) is 0 Å². The number of carbonyl (C=O) groups excluding carboxylic acids is 1. The number of hydrogen-bond acceptors (Lipinski definition) is 2. The van der Waals surface area contributed by atoms with Crippen LogP contribution in [-0.4, -0.2) is 25.0 Å². The fraction of sp³-hybridized carbons (Fsp3) is 0.381. The molecule has 2 aromatic carbocycles. The van der Waals surface area contributed by atoms with E-state index in [4.69, 9.17) is 0 Å². The molecule has 1 aliphatic heterocycles. The van der Waals surface area contributed by atoms with E-state index in [0.29, 0.717) is 6.54 Å². The average molecular weight is 322 g/mol. The van der Waals surface area contributed by atoms with Crippen LogP contribution in [0, 0.1) is 0 Å². The summed E-state index contributed by atoms with van der Waals surface area (Å²) in [5.41, 5.74) is 3.90. The molecular formula is C21H26N2O. The average Bonchev–Trinajstić information content (AvgIpc) is 2.61. The van der Waals surface area contributed by atoms with Crippen molar-refractivity contribution in [2.75, 3.05) is 18.0 Å². The van der Waals surface area contributed by atoms with Crippen LogP contribution < -0.4 is 10.2 Å². The number of nitrogens with zero attached hydrogens (tertiary/aromatic N) is 1. The Morgan fingerprint density at radius 1 is 1.12 bits per heavy atom. The van der Waals surface area contributed by atoms with Crippen LogP contribution in [0.25, 0.3) is 0 Å². The summed E-state index contributed by atoms with van der Waals surface area (Å²) < 4.78 is 0. The SMILES string of the molecule is CC(CCc1ccccc1)NC(=O)CN1CCCc2ccccc21. The van der Waals surface area contributed by atoms with Crippen molar-refractivity contribution in [3.63, 3.8) is 0 Å². The standard InChI is InChI=1S/C21H26N2O/c1-17(13-14-18-8-3-2-4-9-18)22-21(24)16-23-15-7-11-19-10-5-6-12-20(19)23/h2-6,8-10,12,17H,7,11,13-16H2,1H3,(H,22,24). The Kier molecular flexibility index (Phi) is 5.52. The van der Waals surface area contributed by atoms with Crippen molar-refractivity contribution in [2.24, 2.45) is 0 Å². The number of amides is 1. The van der Waals surface area contributed by atoms with Crippen LogP contribution in [-0.2, 0) is 17.6 Å². The summed E-state index contributed by atoms with van der Waals surface area (Å²) in [5.74, 6) is 0.118. The van der Waals surface area contributed by atoms with Crippen LogP contribution in [0.5, 0.6) is 0 Å². The summed E-state index contributed by atoms with van der Waals surface area (Å²) in [4.78, 5) is 14.6. The van der Waals surface area contributed by atoms with E-state index in [9.17, 15) is 4.79 Å². The second-order valence-corrected chi connectivity index (χ2v) is 6.65. The topological polar surface area (TPSA) is 32.3 Å². The summed E-state index contributed by atoms with van der Waals surface area (Å²) in [6.45, 7) is 3.50. The molecule has 3 heteroatoms. The van der Waals surface area contributed by atoms with E-state index in [1.54, 1.807) is 0 Å². The van der Waals surface area contributed by atoms with E-state index in [0.717, 1.165) is 32.2 Å². The van der Waals surface area contributed by atoms with Gasteiger partial charge in [0.25, 0.3) is 0 Å². The van der Waals surface area contributed by atoms with E-state index in [-0.39, 0.29) is 11.9 Å². The smallest absolute Gasteiger partial charge is 0.239 e. The molecule has 24 heavy (non-hydrogen) atoms. The van der Waals surface area contributed by atoms with Crippen molar-refractivity contribution < 1.29 is 4.79 Å². The van der Waals surface area contributed by atoms with E-state index in [2.05, 4.69) is 65.7 Å². The van der Waals surface area contributed by atoms with Crippen molar-refractivity contribution in [3.05, 3.63) is 65.7 Å². The van der Waals surface area contributed by atoms with Gasteiger partial charge in [0.1, 0.15) is 0 Å². The van der Waals surface area contributed by atoms with Gasteiger partial charge in [-0.1, -0.05) is 48.5 Å². The number of benzene rings is 2. The Morgan fingerprint density at radius 2 is 1.88 bits per heavy atom. The van der Waals surface area contributed by atoms with Gasteiger partial charge in [-0.15, -0.1) is 0 Å². The fourth-order valence-corrected chi connectivity index (χ4v) is 3.37. The molecule has 1 heterocycles. The quantitative estimate of drug-likeness (QED) is 0.882. The lowest BCUT2D eigenvalue weighted by atomic mass is 10.0. The predicted molar refractivity (Wildman–Crippen MR) is 99.3 cm³/mol. The third kappa shape index (κ3) is 4.38. The second-order valence-electron chi connectivity index (χ2n) is 6.65. The van der Waals surface area contributed by atoms with Gasteiger partial charge in [-0.05, 0) is 49.8 Å². The largest absolute Gasteiger partial charge is 0.362 e. The minimum absolute atomic E-state index is 0.118. The Balaban J connectivity index is 1.49. The van der Waals surface area contributed by atoms with Gasteiger partial charge in [0, 0.05) is 18.3 Å². The maximum absolute atomic E-state index is 12.4. The molecule has 0 aromatic heterocycles. The molecule has 2 aromatic rings. The van der Waals surface area contributed by atoms with Crippen LogP contribution in [0.1, 0.15) is 30.9 Å². The zero-order chi connectivity index (χ0) is 16.8. The van der Waals surface area contributed by atoms with Gasteiger partial charge in [-0.25, -0.2) is 0 Å². The monoisotopic (exact) mass is 322 g/mol. The van der Waals surface area contributed by atoms with Crippen molar-refractivity contribution >= 4 is 11.6 Å². The molecule has 0 saturated carbocycles. The van der Waals surface area contributed by atoms with Crippen LogP contribution in [0.15, 0.2) is 54.6 Å². The molecule has 0 fully saturated rings. The van der Waals surface area contributed by atoms with Crippen molar-refractivity contribution in [2.45, 2.75) is 38.6 Å². The first-order valence-electron chi connectivity index (χ1n) is 8.88. The third-order valence-electron chi connectivity index (χ3n) is 4.66. The highest BCUT2D eigenvalue weighted by atomic mass is 16.2. The zero-order valence-corrected chi connectivity index (χ0v) is 14.4.